The Bertz CT molecular complexity index is 1280. The number of piperazine rings is 1. The summed E-state index contributed by atoms with van der Waals surface area (Å²) in [7, 11) is 2.14. The second-order valence-corrected chi connectivity index (χ2v) is 7.93. The van der Waals surface area contributed by atoms with Gasteiger partial charge in [-0.15, -0.1) is 0 Å². The molecule has 30 heavy (non-hydrogen) atoms. The first kappa shape index (κ1) is 18.6. The van der Waals surface area contributed by atoms with Crippen LogP contribution in [0.15, 0.2) is 65.6 Å². The number of nitrogens with zero attached hydrogens (tertiary/aromatic N) is 4. The van der Waals surface area contributed by atoms with E-state index in [9.17, 15) is 9.59 Å². The van der Waals surface area contributed by atoms with E-state index in [-0.39, 0.29) is 11.5 Å². The number of carbonyl (C=O) groups is 1. The predicted octanol–water partition coefficient (Wildman–Crippen LogP) is 0.668. The van der Waals surface area contributed by atoms with Crippen molar-refractivity contribution in [2.24, 2.45) is 0 Å². The number of amides is 1. The number of hydrogen-bond acceptors (Lipinski definition) is 3. The van der Waals surface area contributed by atoms with Gasteiger partial charge in [-0.1, -0.05) is 36.4 Å². The molecule has 1 saturated heterocycles. The quantitative estimate of drug-likeness (QED) is 0.548. The standard InChI is InChI=1S/C23H23N5O2/c1-25-11-13-26(14-12-25)23(30)19-15-18-21(28(19)16-17-7-3-2-4-8-17)24-20-9-5-6-10-27(20)22(18)29/h2-10,15H,11-14,16H2,1H3/p+1. The monoisotopic (exact) mass is 402 g/mol. The Balaban J connectivity index is 1.69. The smallest absolute Gasteiger partial charge is 0.270 e. The Labute approximate surface area is 173 Å². The van der Waals surface area contributed by atoms with Crippen LogP contribution in [0.1, 0.15) is 16.1 Å². The SMILES string of the molecule is C[NH+]1CCN(C(=O)c2cc3c(=O)n4ccccc4nc3n2Cc2ccccc2)CC1. The van der Waals surface area contributed by atoms with Gasteiger partial charge in [0.25, 0.3) is 11.5 Å². The molecule has 7 nitrogen and oxygen atoms in total. The lowest BCUT2D eigenvalue weighted by atomic mass is 10.2. The van der Waals surface area contributed by atoms with E-state index in [4.69, 9.17) is 4.98 Å². The van der Waals surface area contributed by atoms with E-state index in [0.717, 1.165) is 18.7 Å². The Hall–Kier alpha value is -3.45. The van der Waals surface area contributed by atoms with Gasteiger partial charge in [-0.05, 0) is 23.8 Å². The van der Waals surface area contributed by atoms with Gasteiger partial charge in [0.2, 0.25) is 0 Å². The molecule has 0 saturated carbocycles. The molecule has 7 heteroatoms. The van der Waals surface area contributed by atoms with Crippen LogP contribution in [-0.2, 0) is 6.54 Å². The third-order valence-corrected chi connectivity index (χ3v) is 5.88. The summed E-state index contributed by atoms with van der Waals surface area (Å²) in [6.45, 7) is 3.77. The highest BCUT2D eigenvalue weighted by Crippen LogP contribution is 2.20. The molecule has 1 N–H and O–H groups in total. The third kappa shape index (κ3) is 3.17. The second-order valence-electron chi connectivity index (χ2n) is 7.93. The number of pyridine rings is 1. The van der Waals surface area contributed by atoms with Crippen LogP contribution < -0.4 is 10.5 Å². The van der Waals surface area contributed by atoms with Gasteiger partial charge in [0.15, 0.2) is 0 Å². The van der Waals surface area contributed by atoms with Crippen molar-refractivity contribution >= 4 is 22.6 Å². The first-order chi connectivity index (χ1) is 14.6. The van der Waals surface area contributed by atoms with Crippen LogP contribution >= 0.6 is 0 Å². The Morgan fingerprint density at radius 2 is 1.80 bits per heavy atom. The lowest BCUT2D eigenvalue weighted by Crippen LogP contribution is -3.12. The molecule has 0 aliphatic carbocycles. The van der Waals surface area contributed by atoms with Gasteiger partial charge >= 0.3 is 0 Å². The Morgan fingerprint density at radius 1 is 1.07 bits per heavy atom. The molecule has 0 radical (unpaired) electrons. The lowest BCUT2D eigenvalue weighted by molar-refractivity contribution is -0.883. The number of quaternary nitrogens is 1. The fourth-order valence-electron chi connectivity index (χ4n) is 4.11. The van der Waals surface area contributed by atoms with Crippen LogP contribution in [0.25, 0.3) is 16.7 Å². The second kappa shape index (κ2) is 7.42. The Morgan fingerprint density at radius 3 is 2.57 bits per heavy atom. The molecule has 3 aromatic heterocycles. The summed E-state index contributed by atoms with van der Waals surface area (Å²) >= 11 is 0. The highest BCUT2D eigenvalue weighted by molar-refractivity contribution is 5.98. The molecular formula is C23H24N5O2+. The average molecular weight is 402 g/mol. The van der Waals surface area contributed by atoms with Crippen molar-refractivity contribution in [1.29, 1.82) is 0 Å². The van der Waals surface area contributed by atoms with Crippen molar-refractivity contribution in [2.75, 3.05) is 33.2 Å². The van der Waals surface area contributed by atoms with Gasteiger partial charge in [0.1, 0.15) is 17.0 Å². The van der Waals surface area contributed by atoms with Crippen molar-refractivity contribution in [3.05, 3.63) is 82.4 Å². The van der Waals surface area contributed by atoms with Crippen LogP contribution in [0.2, 0.25) is 0 Å². The van der Waals surface area contributed by atoms with E-state index in [0.29, 0.717) is 42.0 Å². The summed E-state index contributed by atoms with van der Waals surface area (Å²) in [6.07, 6.45) is 1.71. The van der Waals surface area contributed by atoms with Crippen molar-refractivity contribution < 1.29 is 9.69 Å². The molecule has 0 unspecified atom stereocenters. The van der Waals surface area contributed by atoms with Crippen LogP contribution in [-0.4, -0.2) is 58.0 Å². The first-order valence-electron chi connectivity index (χ1n) is 10.3. The van der Waals surface area contributed by atoms with Gasteiger partial charge in [0.05, 0.1) is 38.6 Å². The number of aromatic nitrogens is 3. The van der Waals surface area contributed by atoms with Crippen molar-refractivity contribution in [2.45, 2.75) is 6.54 Å². The highest BCUT2D eigenvalue weighted by Gasteiger charge is 2.27. The minimum atomic E-state index is -0.153. The molecule has 4 heterocycles. The molecule has 1 aromatic carbocycles. The number of benzene rings is 1. The number of nitrogens with one attached hydrogen (secondary N) is 1. The zero-order valence-electron chi connectivity index (χ0n) is 16.9. The number of hydrogen-bond donors (Lipinski definition) is 1. The van der Waals surface area contributed by atoms with Crippen molar-refractivity contribution in [1.82, 2.24) is 18.9 Å². The van der Waals surface area contributed by atoms with E-state index in [1.54, 1.807) is 12.3 Å². The van der Waals surface area contributed by atoms with Gasteiger partial charge in [-0.2, -0.15) is 0 Å². The van der Waals surface area contributed by atoms with E-state index in [1.807, 2.05) is 58.0 Å². The summed E-state index contributed by atoms with van der Waals surface area (Å²) in [5.74, 6) is -0.0371. The van der Waals surface area contributed by atoms with Crippen molar-refractivity contribution in [3.63, 3.8) is 0 Å². The van der Waals surface area contributed by atoms with Crippen LogP contribution in [0.5, 0.6) is 0 Å². The molecule has 152 valence electrons. The van der Waals surface area contributed by atoms with Gasteiger partial charge in [-0.3, -0.25) is 14.0 Å². The zero-order valence-corrected chi connectivity index (χ0v) is 16.9. The van der Waals surface area contributed by atoms with E-state index >= 15 is 0 Å². The third-order valence-electron chi connectivity index (χ3n) is 5.88. The molecule has 5 rings (SSSR count). The normalized spacial score (nSPS) is 15.2. The van der Waals surface area contributed by atoms with E-state index < -0.39 is 0 Å². The van der Waals surface area contributed by atoms with Crippen LogP contribution in [0.3, 0.4) is 0 Å². The first-order valence-corrected chi connectivity index (χ1v) is 10.3. The lowest BCUT2D eigenvalue weighted by Gasteiger charge is -2.30. The summed E-state index contributed by atoms with van der Waals surface area (Å²) < 4.78 is 3.43. The summed E-state index contributed by atoms with van der Waals surface area (Å²) in [5.41, 5.74) is 2.55. The number of carbonyl (C=O) groups excluding carboxylic acids is 1. The van der Waals surface area contributed by atoms with Gasteiger partial charge < -0.3 is 14.4 Å². The average Bonchev–Trinajstić information content (AvgIpc) is 3.13. The van der Waals surface area contributed by atoms with E-state index in [2.05, 4.69) is 7.05 Å². The summed E-state index contributed by atoms with van der Waals surface area (Å²) in [4.78, 5) is 34.6. The molecule has 0 spiro atoms. The van der Waals surface area contributed by atoms with E-state index in [1.165, 1.54) is 9.30 Å². The summed E-state index contributed by atoms with van der Waals surface area (Å²) in [5, 5.41) is 0.470. The number of rotatable bonds is 3. The summed E-state index contributed by atoms with van der Waals surface area (Å²) in [6, 6.07) is 17.2. The number of fused-ring (bicyclic) bond motifs is 2. The maximum Gasteiger partial charge on any atom is 0.270 e. The molecule has 1 amide bonds. The van der Waals surface area contributed by atoms with Crippen LogP contribution in [0, 0.1) is 0 Å². The molecule has 4 aromatic rings. The zero-order chi connectivity index (χ0) is 20.7. The molecular weight excluding hydrogens is 378 g/mol. The predicted molar refractivity (Wildman–Crippen MR) is 115 cm³/mol. The van der Waals surface area contributed by atoms with Gasteiger partial charge in [0, 0.05) is 12.7 Å². The fraction of sp³-hybridized carbons (Fsp3) is 0.261. The molecule has 0 atom stereocenters. The van der Waals surface area contributed by atoms with Gasteiger partial charge in [-0.25, -0.2) is 4.98 Å². The maximum atomic E-state index is 13.5. The molecule has 1 fully saturated rings. The molecule has 0 bridgehead atoms. The largest absolute Gasteiger partial charge is 0.334 e. The minimum absolute atomic E-state index is 0.0371. The topological polar surface area (TPSA) is 64.1 Å². The Kier molecular flexibility index (Phi) is 4.59. The highest BCUT2D eigenvalue weighted by atomic mass is 16.2. The minimum Gasteiger partial charge on any atom is -0.334 e. The molecule has 1 aliphatic heterocycles. The number of likely N-dealkylation sites (N-methyl/N-ethyl adjacent to an activating group) is 1. The van der Waals surface area contributed by atoms with Crippen LogP contribution in [0.4, 0.5) is 0 Å². The van der Waals surface area contributed by atoms with Crippen molar-refractivity contribution in [3.8, 4) is 0 Å². The molecule has 1 aliphatic rings. The fourth-order valence-corrected chi connectivity index (χ4v) is 4.11. The maximum absolute atomic E-state index is 13.5.